The van der Waals surface area contributed by atoms with Crippen LogP contribution in [0.1, 0.15) is 5.56 Å². The molecule has 0 spiro atoms. The molecule has 0 fully saturated rings. The molecule has 2 aromatic carbocycles. The number of hydrogen-bond donors (Lipinski definition) is 1. The van der Waals surface area contributed by atoms with Gasteiger partial charge in [0.15, 0.2) is 0 Å². The maximum Gasteiger partial charge on any atom is 0.248 e. The third-order valence-corrected chi connectivity index (χ3v) is 3.12. The van der Waals surface area contributed by atoms with Crippen LogP contribution in [0.5, 0.6) is 0 Å². The molecule has 1 N–H and O–H groups in total. The molecular weight excluding hydrogens is 317 g/mol. The van der Waals surface area contributed by atoms with Gasteiger partial charge in [0, 0.05) is 26.8 Å². The molecule has 102 valence electrons. The predicted octanol–water partition coefficient (Wildman–Crippen LogP) is 5.30. The molecule has 5 heteroatoms. The fourth-order valence-corrected chi connectivity index (χ4v) is 2.21. The molecule has 2 aromatic rings. The van der Waals surface area contributed by atoms with Gasteiger partial charge in [-0.1, -0.05) is 46.9 Å². The lowest BCUT2D eigenvalue weighted by Crippen LogP contribution is -2.07. The number of anilines is 1. The van der Waals surface area contributed by atoms with Gasteiger partial charge < -0.3 is 5.32 Å². The first kappa shape index (κ1) is 14.9. The average Bonchev–Trinajstić information content (AvgIpc) is 2.37. The Hall–Kier alpha value is -1.48. The van der Waals surface area contributed by atoms with Crippen molar-refractivity contribution in [2.45, 2.75) is 0 Å². The van der Waals surface area contributed by atoms with Gasteiger partial charge in [-0.3, -0.25) is 4.79 Å². The highest BCUT2D eigenvalue weighted by molar-refractivity contribution is 6.35. The molecule has 2 rings (SSSR count). The van der Waals surface area contributed by atoms with E-state index in [0.29, 0.717) is 20.8 Å². The van der Waals surface area contributed by atoms with Crippen molar-refractivity contribution < 1.29 is 4.79 Å². The maximum atomic E-state index is 11.8. The van der Waals surface area contributed by atoms with Gasteiger partial charge in [0.05, 0.1) is 0 Å². The van der Waals surface area contributed by atoms with E-state index in [0.717, 1.165) is 5.56 Å². The fourth-order valence-electron chi connectivity index (χ4n) is 1.56. The SMILES string of the molecule is O=C(/C=C/c1ccc(Cl)cc1)Nc1cc(Cl)cc(Cl)c1. The Morgan fingerprint density at radius 2 is 1.50 bits per heavy atom. The van der Waals surface area contributed by atoms with E-state index in [4.69, 9.17) is 34.8 Å². The number of halogens is 3. The number of carbonyl (C=O) groups is 1. The molecule has 20 heavy (non-hydrogen) atoms. The number of amides is 1. The van der Waals surface area contributed by atoms with E-state index in [1.54, 1.807) is 36.4 Å². The van der Waals surface area contributed by atoms with Gasteiger partial charge in [-0.15, -0.1) is 0 Å². The van der Waals surface area contributed by atoms with Crippen LogP contribution in [0.2, 0.25) is 15.1 Å². The molecule has 0 aliphatic rings. The summed E-state index contributed by atoms with van der Waals surface area (Å²) in [6, 6.07) is 12.0. The number of hydrogen-bond acceptors (Lipinski definition) is 1. The van der Waals surface area contributed by atoms with Crippen molar-refractivity contribution in [3.05, 3.63) is 69.2 Å². The van der Waals surface area contributed by atoms with Gasteiger partial charge >= 0.3 is 0 Å². The average molecular weight is 327 g/mol. The van der Waals surface area contributed by atoms with E-state index in [1.807, 2.05) is 12.1 Å². The molecule has 2 nitrogen and oxygen atoms in total. The summed E-state index contributed by atoms with van der Waals surface area (Å²) in [4.78, 5) is 11.8. The van der Waals surface area contributed by atoms with Crippen molar-refractivity contribution in [2.24, 2.45) is 0 Å². The van der Waals surface area contributed by atoms with Gasteiger partial charge in [-0.2, -0.15) is 0 Å². The van der Waals surface area contributed by atoms with Crippen LogP contribution in [0, 0.1) is 0 Å². The molecule has 1 amide bonds. The lowest BCUT2D eigenvalue weighted by atomic mass is 10.2. The van der Waals surface area contributed by atoms with Crippen molar-refractivity contribution >= 4 is 52.5 Å². The third kappa shape index (κ3) is 4.57. The molecule has 0 unspecified atom stereocenters. The highest BCUT2D eigenvalue weighted by atomic mass is 35.5. The lowest BCUT2D eigenvalue weighted by molar-refractivity contribution is -0.111. The molecule has 0 saturated carbocycles. The van der Waals surface area contributed by atoms with Crippen LogP contribution < -0.4 is 5.32 Å². The minimum absolute atomic E-state index is 0.265. The van der Waals surface area contributed by atoms with Gasteiger partial charge in [0.2, 0.25) is 5.91 Å². The quantitative estimate of drug-likeness (QED) is 0.762. The minimum atomic E-state index is -0.265. The Balaban J connectivity index is 2.03. The Kier molecular flexibility index (Phi) is 5.07. The van der Waals surface area contributed by atoms with Crippen molar-refractivity contribution in [2.75, 3.05) is 5.32 Å². The summed E-state index contributed by atoms with van der Waals surface area (Å²) in [5.41, 5.74) is 1.43. The van der Waals surface area contributed by atoms with E-state index in [2.05, 4.69) is 5.32 Å². The van der Waals surface area contributed by atoms with Crippen molar-refractivity contribution in [1.82, 2.24) is 0 Å². The predicted molar refractivity (Wildman–Crippen MR) is 85.6 cm³/mol. The number of rotatable bonds is 3. The van der Waals surface area contributed by atoms with E-state index in [1.165, 1.54) is 6.08 Å². The number of benzene rings is 2. The summed E-state index contributed by atoms with van der Waals surface area (Å²) in [6.45, 7) is 0. The highest BCUT2D eigenvalue weighted by Gasteiger charge is 2.01. The second kappa shape index (κ2) is 6.80. The first-order valence-corrected chi connectivity index (χ1v) is 6.87. The minimum Gasteiger partial charge on any atom is -0.322 e. The highest BCUT2D eigenvalue weighted by Crippen LogP contribution is 2.22. The molecule has 0 aromatic heterocycles. The smallest absolute Gasteiger partial charge is 0.248 e. The van der Waals surface area contributed by atoms with Crippen LogP contribution in [0.25, 0.3) is 6.08 Å². The molecule has 0 saturated heterocycles. The zero-order valence-electron chi connectivity index (χ0n) is 10.2. The molecule has 0 radical (unpaired) electrons. The zero-order chi connectivity index (χ0) is 14.5. The van der Waals surface area contributed by atoms with Crippen LogP contribution in [-0.2, 0) is 4.79 Å². The van der Waals surface area contributed by atoms with Crippen LogP contribution in [0.4, 0.5) is 5.69 Å². The molecule has 0 heterocycles. The molecular formula is C15H10Cl3NO. The molecule has 0 atom stereocenters. The summed E-state index contributed by atoms with van der Waals surface area (Å²) in [6.07, 6.45) is 3.12. The molecule has 0 bridgehead atoms. The number of carbonyl (C=O) groups excluding carboxylic acids is 1. The van der Waals surface area contributed by atoms with Gasteiger partial charge in [0.1, 0.15) is 0 Å². The Labute approximate surface area is 132 Å². The lowest BCUT2D eigenvalue weighted by Gasteiger charge is -2.03. The Bertz CT molecular complexity index is 630. The zero-order valence-corrected chi connectivity index (χ0v) is 12.5. The summed E-state index contributed by atoms with van der Waals surface area (Å²) >= 11 is 17.5. The van der Waals surface area contributed by atoms with Crippen LogP contribution in [-0.4, -0.2) is 5.91 Å². The van der Waals surface area contributed by atoms with Gasteiger partial charge in [-0.05, 0) is 42.0 Å². The van der Waals surface area contributed by atoms with Gasteiger partial charge in [-0.25, -0.2) is 0 Å². The van der Waals surface area contributed by atoms with E-state index < -0.39 is 0 Å². The summed E-state index contributed by atoms with van der Waals surface area (Å²) in [5, 5.41) is 4.27. The van der Waals surface area contributed by atoms with E-state index in [-0.39, 0.29) is 5.91 Å². The fraction of sp³-hybridized carbons (Fsp3) is 0. The normalized spacial score (nSPS) is 10.8. The summed E-state index contributed by atoms with van der Waals surface area (Å²) < 4.78 is 0. The first-order valence-electron chi connectivity index (χ1n) is 5.74. The first-order chi connectivity index (χ1) is 9.52. The maximum absolute atomic E-state index is 11.8. The largest absolute Gasteiger partial charge is 0.322 e. The van der Waals surface area contributed by atoms with Crippen molar-refractivity contribution in [3.8, 4) is 0 Å². The second-order valence-corrected chi connectivity index (χ2v) is 5.34. The standard InChI is InChI=1S/C15H10Cl3NO/c16-11-4-1-10(2-5-11)3-6-15(20)19-14-8-12(17)7-13(18)9-14/h1-9H,(H,19,20)/b6-3+. The van der Waals surface area contributed by atoms with E-state index >= 15 is 0 Å². The van der Waals surface area contributed by atoms with E-state index in [9.17, 15) is 4.79 Å². The Morgan fingerprint density at radius 3 is 2.10 bits per heavy atom. The molecule has 0 aliphatic heterocycles. The number of nitrogens with one attached hydrogen (secondary N) is 1. The van der Waals surface area contributed by atoms with Crippen molar-refractivity contribution in [3.63, 3.8) is 0 Å². The summed E-state index contributed by atoms with van der Waals surface area (Å²) in [7, 11) is 0. The topological polar surface area (TPSA) is 29.1 Å². The van der Waals surface area contributed by atoms with Crippen LogP contribution in [0.3, 0.4) is 0 Å². The van der Waals surface area contributed by atoms with Crippen LogP contribution in [0.15, 0.2) is 48.5 Å². The summed E-state index contributed by atoms with van der Waals surface area (Å²) in [5.74, 6) is -0.265. The van der Waals surface area contributed by atoms with Crippen LogP contribution >= 0.6 is 34.8 Å². The molecule has 0 aliphatic carbocycles. The monoisotopic (exact) mass is 325 g/mol. The van der Waals surface area contributed by atoms with Gasteiger partial charge in [0.25, 0.3) is 0 Å². The Morgan fingerprint density at radius 1 is 0.900 bits per heavy atom. The van der Waals surface area contributed by atoms with Crippen molar-refractivity contribution in [1.29, 1.82) is 0 Å². The third-order valence-electron chi connectivity index (χ3n) is 2.43. The second-order valence-electron chi connectivity index (χ2n) is 4.03.